The first-order valence-corrected chi connectivity index (χ1v) is 7.46. The van der Waals surface area contributed by atoms with Gasteiger partial charge in [-0.3, -0.25) is 9.59 Å². The number of aliphatic hydroxyl groups is 1. The molecule has 0 aromatic heterocycles. The Balaban J connectivity index is 2.36. The Bertz CT molecular complexity index is 487. The van der Waals surface area contributed by atoms with E-state index in [0.717, 1.165) is 12.8 Å². The molecule has 0 saturated heterocycles. The molecule has 2 amide bonds. The Labute approximate surface area is 129 Å². The zero-order chi connectivity index (χ0) is 16.5. The summed E-state index contributed by atoms with van der Waals surface area (Å²) in [7, 11) is 0. The molecule has 0 aliphatic heterocycles. The van der Waals surface area contributed by atoms with Crippen LogP contribution >= 0.6 is 0 Å². The van der Waals surface area contributed by atoms with E-state index in [0.29, 0.717) is 5.56 Å². The van der Waals surface area contributed by atoms with E-state index in [2.05, 4.69) is 10.6 Å². The van der Waals surface area contributed by atoms with E-state index in [-0.39, 0.29) is 24.8 Å². The topological polar surface area (TPSA) is 78.4 Å². The van der Waals surface area contributed by atoms with Crippen molar-refractivity contribution in [2.45, 2.75) is 39.3 Å². The molecule has 0 aliphatic rings. The van der Waals surface area contributed by atoms with Crippen molar-refractivity contribution in [2.75, 3.05) is 6.54 Å². The van der Waals surface area contributed by atoms with Crippen LogP contribution in [0.4, 0.5) is 4.39 Å². The second-order valence-corrected chi connectivity index (χ2v) is 5.16. The smallest absolute Gasteiger partial charge is 0.309 e. The fourth-order valence-electron chi connectivity index (χ4n) is 2.14. The van der Waals surface area contributed by atoms with Gasteiger partial charge in [0.15, 0.2) is 0 Å². The molecule has 1 unspecified atom stereocenters. The van der Waals surface area contributed by atoms with Gasteiger partial charge in [0.2, 0.25) is 0 Å². The predicted molar refractivity (Wildman–Crippen MR) is 81.3 cm³/mol. The van der Waals surface area contributed by atoms with Crippen molar-refractivity contribution in [2.24, 2.45) is 5.92 Å². The van der Waals surface area contributed by atoms with Gasteiger partial charge in [-0.2, -0.15) is 0 Å². The third-order valence-electron chi connectivity index (χ3n) is 3.64. The quantitative estimate of drug-likeness (QED) is 0.665. The lowest BCUT2D eigenvalue weighted by molar-refractivity contribution is -0.139. The molecule has 0 spiro atoms. The predicted octanol–water partition coefficient (Wildman–Crippen LogP) is 1.36. The molecule has 22 heavy (non-hydrogen) atoms. The minimum absolute atomic E-state index is 0.0507. The van der Waals surface area contributed by atoms with Crippen molar-refractivity contribution in [3.63, 3.8) is 0 Å². The van der Waals surface area contributed by atoms with E-state index in [1.807, 2.05) is 13.8 Å². The van der Waals surface area contributed by atoms with Crippen molar-refractivity contribution in [1.82, 2.24) is 10.6 Å². The molecule has 0 saturated carbocycles. The average molecular weight is 310 g/mol. The number of carbonyl (C=O) groups excluding carboxylic acids is 2. The minimum atomic E-state index is -0.785. The van der Waals surface area contributed by atoms with Crippen LogP contribution in [0, 0.1) is 11.7 Å². The fraction of sp³-hybridized carbons (Fsp3) is 0.500. The van der Waals surface area contributed by atoms with Crippen molar-refractivity contribution < 1.29 is 19.1 Å². The zero-order valence-corrected chi connectivity index (χ0v) is 12.9. The van der Waals surface area contributed by atoms with Gasteiger partial charge in [0, 0.05) is 13.1 Å². The summed E-state index contributed by atoms with van der Waals surface area (Å²) in [6, 6.07) is 5.63. The van der Waals surface area contributed by atoms with Gasteiger partial charge in [-0.05, 0) is 23.6 Å². The second-order valence-electron chi connectivity index (χ2n) is 5.16. The summed E-state index contributed by atoms with van der Waals surface area (Å²) in [6.07, 6.45) is 0.957. The molecule has 1 atom stereocenters. The van der Waals surface area contributed by atoms with E-state index in [4.69, 9.17) is 0 Å². The number of aliphatic hydroxyl groups excluding tert-OH is 1. The molecule has 0 heterocycles. The number of hydrogen-bond acceptors (Lipinski definition) is 3. The number of nitrogens with one attached hydrogen (secondary N) is 2. The normalized spacial score (nSPS) is 12.0. The van der Waals surface area contributed by atoms with Gasteiger partial charge in [-0.1, -0.05) is 38.8 Å². The van der Waals surface area contributed by atoms with E-state index in [1.54, 1.807) is 0 Å². The van der Waals surface area contributed by atoms with Crippen LogP contribution in [0.25, 0.3) is 0 Å². The number of benzene rings is 1. The van der Waals surface area contributed by atoms with Crippen LogP contribution in [-0.2, 0) is 16.1 Å². The van der Waals surface area contributed by atoms with Crippen LogP contribution in [0.1, 0.15) is 32.3 Å². The molecule has 0 fully saturated rings. The number of hydrogen-bond donors (Lipinski definition) is 3. The number of amides is 2. The van der Waals surface area contributed by atoms with Crippen molar-refractivity contribution in [1.29, 1.82) is 0 Å². The fourth-order valence-corrected chi connectivity index (χ4v) is 2.14. The Kier molecular flexibility index (Phi) is 7.52. The lowest BCUT2D eigenvalue weighted by atomic mass is 9.96. The number of rotatable bonds is 7. The maximum absolute atomic E-state index is 12.7. The van der Waals surface area contributed by atoms with E-state index in [1.165, 1.54) is 24.3 Å². The van der Waals surface area contributed by atoms with E-state index in [9.17, 15) is 19.1 Å². The van der Waals surface area contributed by atoms with Gasteiger partial charge < -0.3 is 15.7 Å². The molecule has 6 heteroatoms. The molecule has 0 radical (unpaired) electrons. The molecular formula is C16H23FN2O3. The highest BCUT2D eigenvalue weighted by Crippen LogP contribution is 2.12. The third-order valence-corrected chi connectivity index (χ3v) is 3.64. The highest BCUT2D eigenvalue weighted by molar-refractivity contribution is 6.35. The Morgan fingerprint density at radius 2 is 1.64 bits per heavy atom. The maximum atomic E-state index is 12.7. The van der Waals surface area contributed by atoms with Gasteiger partial charge in [0.05, 0.1) is 6.10 Å². The monoisotopic (exact) mass is 310 g/mol. The molecule has 1 aromatic carbocycles. The summed E-state index contributed by atoms with van der Waals surface area (Å²) < 4.78 is 12.7. The SMILES string of the molecule is CCC(CC)C(O)CNC(=O)C(=O)NCc1ccc(F)cc1. The zero-order valence-electron chi connectivity index (χ0n) is 12.9. The van der Waals surface area contributed by atoms with Crippen molar-refractivity contribution >= 4 is 11.8 Å². The van der Waals surface area contributed by atoms with Gasteiger partial charge in [-0.15, -0.1) is 0 Å². The summed E-state index contributed by atoms with van der Waals surface area (Å²) in [6.45, 7) is 4.13. The number of halogens is 1. The molecule has 122 valence electrons. The number of carbonyl (C=O) groups is 2. The van der Waals surface area contributed by atoms with Crippen LogP contribution in [-0.4, -0.2) is 29.6 Å². The molecule has 0 bridgehead atoms. The van der Waals surface area contributed by atoms with Crippen LogP contribution < -0.4 is 10.6 Å². The van der Waals surface area contributed by atoms with Crippen LogP contribution in [0.3, 0.4) is 0 Å². The summed E-state index contributed by atoms with van der Waals surface area (Å²) in [5, 5.41) is 14.8. The van der Waals surface area contributed by atoms with E-state index >= 15 is 0 Å². The van der Waals surface area contributed by atoms with Crippen molar-refractivity contribution in [3.8, 4) is 0 Å². The lowest BCUT2D eigenvalue weighted by Crippen LogP contribution is -2.43. The molecule has 3 N–H and O–H groups in total. The first kappa shape index (κ1) is 18.1. The summed E-state index contributed by atoms with van der Waals surface area (Å²) in [5.41, 5.74) is 0.694. The molecule has 5 nitrogen and oxygen atoms in total. The van der Waals surface area contributed by atoms with Crippen LogP contribution in [0.5, 0.6) is 0 Å². The summed E-state index contributed by atoms with van der Waals surface area (Å²) in [5.74, 6) is -1.82. The molecular weight excluding hydrogens is 287 g/mol. The summed E-state index contributed by atoms with van der Waals surface area (Å²) >= 11 is 0. The minimum Gasteiger partial charge on any atom is -0.391 e. The van der Waals surface area contributed by atoms with Crippen LogP contribution in [0.15, 0.2) is 24.3 Å². The Morgan fingerprint density at radius 1 is 1.09 bits per heavy atom. The standard InChI is InChI=1S/C16H23FN2O3/c1-3-12(4-2)14(20)10-19-16(22)15(21)18-9-11-5-7-13(17)8-6-11/h5-8,12,14,20H,3-4,9-10H2,1-2H3,(H,18,21)(H,19,22). The molecule has 1 rings (SSSR count). The first-order chi connectivity index (χ1) is 10.5. The summed E-state index contributed by atoms with van der Waals surface area (Å²) in [4.78, 5) is 23.3. The maximum Gasteiger partial charge on any atom is 0.309 e. The van der Waals surface area contributed by atoms with E-state index < -0.39 is 17.9 Å². The average Bonchev–Trinajstić information content (AvgIpc) is 2.52. The largest absolute Gasteiger partial charge is 0.391 e. The van der Waals surface area contributed by atoms with Gasteiger partial charge in [0.1, 0.15) is 5.82 Å². The van der Waals surface area contributed by atoms with Crippen LogP contribution in [0.2, 0.25) is 0 Å². The molecule has 0 aliphatic carbocycles. The Hall–Kier alpha value is -1.95. The van der Waals surface area contributed by atoms with Gasteiger partial charge >= 0.3 is 11.8 Å². The highest BCUT2D eigenvalue weighted by atomic mass is 19.1. The van der Waals surface area contributed by atoms with Gasteiger partial charge in [-0.25, -0.2) is 4.39 Å². The molecule has 1 aromatic rings. The lowest BCUT2D eigenvalue weighted by Gasteiger charge is -2.20. The second kappa shape index (κ2) is 9.15. The highest BCUT2D eigenvalue weighted by Gasteiger charge is 2.18. The van der Waals surface area contributed by atoms with Crippen molar-refractivity contribution in [3.05, 3.63) is 35.6 Å². The van der Waals surface area contributed by atoms with Gasteiger partial charge in [0.25, 0.3) is 0 Å². The first-order valence-electron chi connectivity index (χ1n) is 7.46. The Morgan fingerprint density at radius 3 is 2.18 bits per heavy atom. The third kappa shape index (κ3) is 5.81.